The van der Waals surface area contributed by atoms with Gasteiger partial charge in [-0.2, -0.15) is 0 Å². The van der Waals surface area contributed by atoms with Crippen molar-refractivity contribution in [1.82, 2.24) is 4.90 Å². The summed E-state index contributed by atoms with van der Waals surface area (Å²) in [4.78, 5) is 2.49. The summed E-state index contributed by atoms with van der Waals surface area (Å²) < 4.78 is 5.90. The molecule has 1 aromatic carbocycles. The summed E-state index contributed by atoms with van der Waals surface area (Å²) in [6.07, 6.45) is 5.03. The lowest BCUT2D eigenvalue weighted by molar-refractivity contribution is 0.170. The minimum Gasteiger partial charge on any atom is -0.493 e. The van der Waals surface area contributed by atoms with Gasteiger partial charge in [0.15, 0.2) is 0 Å². The topological polar surface area (TPSA) is 12.5 Å². The summed E-state index contributed by atoms with van der Waals surface area (Å²) in [5.74, 6) is 2.42. The van der Waals surface area contributed by atoms with Crippen LogP contribution in [0.3, 0.4) is 0 Å². The summed E-state index contributed by atoms with van der Waals surface area (Å²) in [6, 6.07) is 8.39. The van der Waals surface area contributed by atoms with E-state index in [-0.39, 0.29) is 0 Å². The maximum atomic E-state index is 5.90. The van der Waals surface area contributed by atoms with Crippen LogP contribution in [0.1, 0.15) is 31.7 Å². The van der Waals surface area contributed by atoms with Crippen molar-refractivity contribution in [2.75, 3.05) is 19.7 Å². The molecule has 1 atom stereocenters. The van der Waals surface area contributed by atoms with Crippen molar-refractivity contribution in [3.05, 3.63) is 42.1 Å². The molecule has 0 N–H and O–H groups in total. The normalized spacial score (nSPS) is 23.1. The molecule has 2 heterocycles. The molecule has 0 aromatic heterocycles. The summed E-state index contributed by atoms with van der Waals surface area (Å²) in [7, 11) is 0. The summed E-state index contributed by atoms with van der Waals surface area (Å²) in [6.45, 7) is 9.81. The van der Waals surface area contributed by atoms with E-state index >= 15 is 0 Å². The Labute approximate surface area is 122 Å². The van der Waals surface area contributed by atoms with Crippen LogP contribution in [0.15, 0.2) is 36.5 Å². The highest BCUT2D eigenvalue weighted by Crippen LogP contribution is 2.32. The summed E-state index contributed by atoms with van der Waals surface area (Å²) in [5, 5.41) is 0. The summed E-state index contributed by atoms with van der Waals surface area (Å²) >= 11 is 0. The van der Waals surface area contributed by atoms with Gasteiger partial charge in [0.2, 0.25) is 0 Å². The van der Waals surface area contributed by atoms with E-state index in [9.17, 15) is 0 Å². The Morgan fingerprint density at radius 1 is 1.30 bits per heavy atom. The number of hydrogen-bond donors (Lipinski definition) is 0. The Hall–Kier alpha value is -1.44. The first-order valence-electron chi connectivity index (χ1n) is 7.92. The number of rotatable bonds is 3. The van der Waals surface area contributed by atoms with Crippen LogP contribution in [-0.4, -0.2) is 24.6 Å². The van der Waals surface area contributed by atoms with E-state index in [1.165, 1.54) is 43.6 Å². The predicted octanol–water partition coefficient (Wildman–Crippen LogP) is 3.87. The smallest absolute Gasteiger partial charge is 0.122 e. The van der Waals surface area contributed by atoms with Gasteiger partial charge in [0, 0.05) is 24.7 Å². The molecule has 20 heavy (non-hydrogen) atoms. The lowest BCUT2D eigenvalue weighted by Gasteiger charge is -2.38. The molecule has 0 bridgehead atoms. The number of para-hydroxylation sites is 1. The highest BCUT2D eigenvalue weighted by Gasteiger charge is 2.27. The number of nitrogens with zero attached hydrogens (tertiary/aromatic N) is 1. The fourth-order valence-corrected chi connectivity index (χ4v) is 3.43. The van der Waals surface area contributed by atoms with Gasteiger partial charge >= 0.3 is 0 Å². The molecule has 3 rings (SSSR count). The zero-order chi connectivity index (χ0) is 13.9. The van der Waals surface area contributed by atoms with Crippen molar-refractivity contribution in [1.29, 1.82) is 0 Å². The maximum Gasteiger partial charge on any atom is 0.122 e. The molecule has 2 heteroatoms. The van der Waals surface area contributed by atoms with Gasteiger partial charge < -0.3 is 9.64 Å². The Bertz CT molecular complexity index is 474. The van der Waals surface area contributed by atoms with Crippen LogP contribution in [0.5, 0.6) is 5.75 Å². The van der Waals surface area contributed by atoms with Crippen molar-refractivity contribution in [3.63, 3.8) is 0 Å². The van der Waals surface area contributed by atoms with Crippen molar-refractivity contribution in [2.45, 2.75) is 32.6 Å². The van der Waals surface area contributed by atoms with E-state index in [0.29, 0.717) is 5.92 Å². The van der Waals surface area contributed by atoms with Crippen molar-refractivity contribution >= 4 is 0 Å². The molecule has 1 saturated heterocycles. The number of ether oxygens (including phenoxy) is 1. The second-order valence-corrected chi connectivity index (χ2v) is 6.15. The highest BCUT2D eigenvalue weighted by molar-refractivity contribution is 5.36. The monoisotopic (exact) mass is 271 g/mol. The Morgan fingerprint density at radius 3 is 2.80 bits per heavy atom. The molecule has 0 spiro atoms. The maximum absolute atomic E-state index is 5.90. The van der Waals surface area contributed by atoms with E-state index in [0.717, 1.165) is 24.7 Å². The minimum atomic E-state index is 0.447. The van der Waals surface area contributed by atoms with Crippen LogP contribution in [0.2, 0.25) is 0 Å². The molecule has 1 unspecified atom stereocenters. The van der Waals surface area contributed by atoms with Gasteiger partial charge in [-0.3, -0.25) is 0 Å². The van der Waals surface area contributed by atoms with Crippen LogP contribution in [-0.2, 0) is 6.42 Å². The average Bonchev–Trinajstić information content (AvgIpc) is 2.54. The lowest BCUT2D eigenvalue weighted by atomic mass is 9.90. The van der Waals surface area contributed by atoms with Crippen molar-refractivity contribution in [3.8, 4) is 5.75 Å². The predicted molar refractivity (Wildman–Crippen MR) is 82.9 cm³/mol. The first-order valence-corrected chi connectivity index (χ1v) is 7.92. The van der Waals surface area contributed by atoms with E-state index < -0.39 is 0 Å². The fourth-order valence-electron chi connectivity index (χ4n) is 3.43. The quantitative estimate of drug-likeness (QED) is 0.827. The van der Waals surface area contributed by atoms with Crippen LogP contribution in [0.25, 0.3) is 0 Å². The minimum absolute atomic E-state index is 0.447. The largest absolute Gasteiger partial charge is 0.493 e. The second kappa shape index (κ2) is 5.90. The molecule has 2 nitrogen and oxygen atoms in total. The third kappa shape index (κ3) is 2.70. The average molecular weight is 271 g/mol. The fraction of sp³-hybridized carbons (Fsp3) is 0.556. The molecule has 2 aliphatic rings. The van der Waals surface area contributed by atoms with Gasteiger partial charge in [0.05, 0.1) is 6.61 Å². The van der Waals surface area contributed by atoms with Crippen molar-refractivity contribution in [2.24, 2.45) is 11.8 Å². The molecule has 0 radical (unpaired) electrons. The molecule has 1 fully saturated rings. The van der Waals surface area contributed by atoms with Gasteiger partial charge in [-0.25, -0.2) is 0 Å². The SMILES string of the molecule is C=C(C1COc2ccccc2C1)N1CCC(CC)CC1. The lowest BCUT2D eigenvalue weighted by Crippen LogP contribution is -2.37. The third-order valence-electron chi connectivity index (χ3n) is 4.95. The molecule has 2 aliphatic heterocycles. The van der Waals surface area contributed by atoms with E-state index in [1.807, 2.05) is 6.07 Å². The van der Waals surface area contributed by atoms with Gasteiger partial charge in [0.25, 0.3) is 0 Å². The van der Waals surface area contributed by atoms with Crippen LogP contribution < -0.4 is 4.74 Å². The molecule has 0 saturated carbocycles. The molecule has 0 amide bonds. The van der Waals surface area contributed by atoms with Gasteiger partial charge in [-0.05, 0) is 36.8 Å². The van der Waals surface area contributed by atoms with E-state index in [2.05, 4.69) is 36.6 Å². The number of hydrogen-bond acceptors (Lipinski definition) is 2. The summed E-state index contributed by atoms with van der Waals surface area (Å²) in [5.41, 5.74) is 2.61. The van der Waals surface area contributed by atoms with Gasteiger partial charge in [-0.15, -0.1) is 0 Å². The molecule has 0 aliphatic carbocycles. The molecular formula is C18H25NO. The number of likely N-dealkylation sites (tertiary alicyclic amines) is 1. The molecule has 1 aromatic rings. The van der Waals surface area contributed by atoms with Crippen LogP contribution >= 0.6 is 0 Å². The first-order chi connectivity index (χ1) is 9.78. The molecular weight excluding hydrogens is 246 g/mol. The standard InChI is InChI=1S/C18H25NO/c1-3-15-8-10-19(11-9-15)14(2)17-12-16-6-4-5-7-18(16)20-13-17/h4-7,15,17H,2-3,8-13H2,1H3. The van der Waals surface area contributed by atoms with E-state index in [1.54, 1.807) is 0 Å². The number of piperidine rings is 1. The zero-order valence-corrected chi connectivity index (χ0v) is 12.5. The zero-order valence-electron chi connectivity index (χ0n) is 12.5. The highest BCUT2D eigenvalue weighted by atomic mass is 16.5. The third-order valence-corrected chi connectivity index (χ3v) is 4.95. The Morgan fingerprint density at radius 2 is 2.05 bits per heavy atom. The molecule has 108 valence electrons. The van der Waals surface area contributed by atoms with Crippen molar-refractivity contribution < 1.29 is 4.74 Å². The van der Waals surface area contributed by atoms with Crippen LogP contribution in [0, 0.1) is 11.8 Å². The van der Waals surface area contributed by atoms with Gasteiger partial charge in [0.1, 0.15) is 5.75 Å². The number of benzene rings is 1. The Balaban J connectivity index is 1.62. The Kier molecular flexibility index (Phi) is 4.00. The second-order valence-electron chi connectivity index (χ2n) is 6.15. The van der Waals surface area contributed by atoms with Gasteiger partial charge in [-0.1, -0.05) is 38.1 Å². The van der Waals surface area contributed by atoms with E-state index in [4.69, 9.17) is 4.74 Å². The number of fused-ring (bicyclic) bond motifs is 1. The first kappa shape index (κ1) is 13.5. The van der Waals surface area contributed by atoms with Crippen LogP contribution in [0.4, 0.5) is 0 Å².